The third-order valence-corrected chi connectivity index (χ3v) is 4.14. The molecule has 0 aliphatic rings. The SMILES string of the molecule is Cc1ncsc1C(O)Cc1ccc(F)c(Br)c1. The number of aliphatic hydroxyl groups excluding tert-OH is 1. The van der Waals surface area contributed by atoms with Gasteiger partial charge in [-0.25, -0.2) is 9.37 Å². The van der Waals surface area contributed by atoms with E-state index < -0.39 is 6.10 Å². The average Bonchev–Trinajstić information content (AvgIpc) is 2.70. The number of aromatic nitrogens is 1. The lowest BCUT2D eigenvalue weighted by Gasteiger charge is -2.09. The third-order valence-electron chi connectivity index (χ3n) is 2.50. The highest BCUT2D eigenvalue weighted by molar-refractivity contribution is 9.10. The highest BCUT2D eigenvalue weighted by atomic mass is 79.9. The van der Waals surface area contributed by atoms with Gasteiger partial charge in [0.05, 0.1) is 26.7 Å². The van der Waals surface area contributed by atoms with E-state index in [1.807, 2.05) is 6.92 Å². The second-order valence-corrected chi connectivity index (χ2v) is 5.51. The number of nitrogens with zero attached hydrogens (tertiary/aromatic N) is 1. The fraction of sp³-hybridized carbons (Fsp3) is 0.250. The number of aryl methyl sites for hydroxylation is 1. The summed E-state index contributed by atoms with van der Waals surface area (Å²) in [5, 5.41) is 10.1. The standard InChI is InChI=1S/C12H11BrFNOS/c1-7-12(17-6-15-7)11(16)5-8-2-3-10(14)9(13)4-8/h2-4,6,11,16H,5H2,1H3. The monoisotopic (exact) mass is 315 g/mol. The number of benzene rings is 1. The van der Waals surface area contributed by atoms with Crippen molar-refractivity contribution in [1.29, 1.82) is 0 Å². The van der Waals surface area contributed by atoms with Gasteiger partial charge < -0.3 is 5.11 Å². The first-order valence-corrected chi connectivity index (χ1v) is 6.77. The highest BCUT2D eigenvalue weighted by Gasteiger charge is 2.14. The van der Waals surface area contributed by atoms with E-state index in [-0.39, 0.29) is 5.82 Å². The third kappa shape index (κ3) is 2.91. The largest absolute Gasteiger partial charge is 0.387 e. The Morgan fingerprint density at radius 3 is 2.88 bits per heavy atom. The molecule has 90 valence electrons. The quantitative estimate of drug-likeness (QED) is 0.938. The van der Waals surface area contributed by atoms with Crippen LogP contribution in [0.25, 0.3) is 0 Å². The zero-order valence-electron chi connectivity index (χ0n) is 9.15. The maximum Gasteiger partial charge on any atom is 0.137 e. The molecule has 0 radical (unpaired) electrons. The van der Waals surface area contributed by atoms with Gasteiger partial charge >= 0.3 is 0 Å². The van der Waals surface area contributed by atoms with Gasteiger partial charge in [-0.05, 0) is 40.5 Å². The van der Waals surface area contributed by atoms with Crippen molar-refractivity contribution in [3.05, 3.63) is 50.1 Å². The van der Waals surface area contributed by atoms with E-state index in [4.69, 9.17) is 0 Å². The Kier molecular flexibility index (Phi) is 3.91. The van der Waals surface area contributed by atoms with E-state index in [0.29, 0.717) is 10.9 Å². The Hall–Kier alpha value is -0.780. The van der Waals surface area contributed by atoms with Gasteiger partial charge in [-0.3, -0.25) is 0 Å². The summed E-state index contributed by atoms with van der Waals surface area (Å²) < 4.78 is 13.5. The Labute approximate surface area is 111 Å². The van der Waals surface area contributed by atoms with Gasteiger partial charge in [0.15, 0.2) is 0 Å². The minimum atomic E-state index is -0.583. The molecular formula is C12H11BrFNOS. The summed E-state index contributed by atoms with van der Waals surface area (Å²) in [6, 6.07) is 4.76. The first-order valence-electron chi connectivity index (χ1n) is 5.10. The van der Waals surface area contributed by atoms with Gasteiger partial charge in [-0.15, -0.1) is 11.3 Å². The number of thiazole rings is 1. The van der Waals surface area contributed by atoms with Crippen molar-refractivity contribution in [2.45, 2.75) is 19.4 Å². The van der Waals surface area contributed by atoms with E-state index in [1.165, 1.54) is 17.4 Å². The Bertz CT molecular complexity index is 529. The van der Waals surface area contributed by atoms with Crippen LogP contribution in [-0.2, 0) is 6.42 Å². The number of rotatable bonds is 3. The predicted octanol–water partition coefficient (Wildman–Crippen LogP) is 3.63. The second kappa shape index (κ2) is 5.25. The number of halogens is 2. The first-order chi connectivity index (χ1) is 8.08. The van der Waals surface area contributed by atoms with Crippen molar-refractivity contribution in [3.63, 3.8) is 0 Å². The summed E-state index contributed by atoms with van der Waals surface area (Å²) in [5.74, 6) is -0.294. The highest BCUT2D eigenvalue weighted by Crippen LogP contribution is 2.26. The van der Waals surface area contributed by atoms with E-state index >= 15 is 0 Å². The second-order valence-electron chi connectivity index (χ2n) is 3.77. The van der Waals surface area contributed by atoms with Crippen LogP contribution in [0.2, 0.25) is 0 Å². The van der Waals surface area contributed by atoms with Crippen LogP contribution in [0.3, 0.4) is 0 Å². The molecule has 0 saturated carbocycles. The molecular weight excluding hydrogens is 305 g/mol. The van der Waals surface area contributed by atoms with Crippen LogP contribution in [-0.4, -0.2) is 10.1 Å². The molecule has 1 aromatic carbocycles. The van der Waals surface area contributed by atoms with Crippen molar-refractivity contribution in [2.75, 3.05) is 0 Å². The number of aliphatic hydroxyl groups is 1. The van der Waals surface area contributed by atoms with E-state index in [9.17, 15) is 9.50 Å². The van der Waals surface area contributed by atoms with Crippen molar-refractivity contribution in [1.82, 2.24) is 4.98 Å². The molecule has 2 rings (SSSR count). The van der Waals surface area contributed by atoms with E-state index in [0.717, 1.165) is 16.1 Å². The predicted molar refractivity (Wildman–Crippen MR) is 69.6 cm³/mol. The Morgan fingerprint density at radius 1 is 1.53 bits per heavy atom. The number of hydrogen-bond acceptors (Lipinski definition) is 3. The fourth-order valence-corrected chi connectivity index (χ4v) is 2.83. The summed E-state index contributed by atoms with van der Waals surface area (Å²) in [6.07, 6.45) is -0.123. The molecule has 0 aliphatic carbocycles. The molecule has 1 aromatic heterocycles. The molecule has 1 atom stereocenters. The first kappa shape index (κ1) is 12.7. The Morgan fingerprint density at radius 2 is 2.29 bits per heavy atom. The van der Waals surface area contributed by atoms with Crippen LogP contribution in [0.15, 0.2) is 28.2 Å². The van der Waals surface area contributed by atoms with Crippen LogP contribution >= 0.6 is 27.3 Å². The molecule has 5 heteroatoms. The zero-order chi connectivity index (χ0) is 12.4. The van der Waals surface area contributed by atoms with E-state index in [1.54, 1.807) is 17.6 Å². The van der Waals surface area contributed by atoms with Gasteiger partial charge in [0, 0.05) is 6.42 Å². The van der Waals surface area contributed by atoms with Gasteiger partial charge in [0.2, 0.25) is 0 Å². The van der Waals surface area contributed by atoms with Crippen molar-refractivity contribution < 1.29 is 9.50 Å². The summed E-state index contributed by atoms with van der Waals surface area (Å²) in [4.78, 5) is 4.97. The summed E-state index contributed by atoms with van der Waals surface area (Å²) in [5.41, 5.74) is 3.45. The number of hydrogen-bond donors (Lipinski definition) is 1. The minimum Gasteiger partial charge on any atom is -0.387 e. The van der Waals surface area contributed by atoms with Crippen LogP contribution in [0.4, 0.5) is 4.39 Å². The van der Waals surface area contributed by atoms with Gasteiger partial charge in [-0.1, -0.05) is 6.07 Å². The maximum absolute atomic E-state index is 13.1. The molecule has 0 amide bonds. The topological polar surface area (TPSA) is 33.1 Å². The normalized spacial score (nSPS) is 12.7. The molecule has 0 saturated heterocycles. The van der Waals surface area contributed by atoms with Crippen LogP contribution in [0.5, 0.6) is 0 Å². The molecule has 1 N–H and O–H groups in total. The maximum atomic E-state index is 13.1. The fourth-order valence-electron chi connectivity index (χ4n) is 1.61. The molecule has 0 bridgehead atoms. The lowest BCUT2D eigenvalue weighted by atomic mass is 10.1. The average molecular weight is 316 g/mol. The van der Waals surface area contributed by atoms with Crippen LogP contribution in [0.1, 0.15) is 22.2 Å². The molecule has 0 fully saturated rings. The van der Waals surface area contributed by atoms with Crippen molar-refractivity contribution >= 4 is 27.3 Å². The summed E-state index contributed by atoms with van der Waals surface area (Å²) in [6.45, 7) is 1.87. The van der Waals surface area contributed by atoms with E-state index in [2.05, 4.69) is 20.9 Å². The summed E-state index contributed by atoms with van der Waals surface area (Å²) >= 11 is 4.57. The molecule has 0 aliphatic heterocycles. The minimum absolute atomic E-state index is 0.294. The van der Waals surface area contributed by atoms with Crippen LogP contribution in [0, 0.1) is 12.7 Å². The van der Waals surface area contributed by atoms with Gasteiger partial charge in [0.25, 0.3) is 0 Å². The summed E-state index contributed by atoms with van der Waals surface area (Å²) in [7, 11) is 0. The smallest absolute Gasteiger partial charge is 0.137 e. The molecule has 1 unspecified atom stereocenters. The molecule has 1 heterocycles. The lowest BCUT2D eigenvalue weighted by molar-refractivity contribution is 0.181. The molecule has 2 aromatic rings. The van der Waals surface area contributed by atoms with Gasteiger partial charge in [0.1, 0.15) is 5.82 Å². The van der Waals surface area contributed by atoms with Crippen LogP contribution < -0.4 is 0 Å². The van der Waals surface area contributed by atoms with Crippen molar-refractivity contribution in [2.24, 2.45) is 0 Å². The molecule has 0 spiro atoms. The lowest BCUT2D eigenvalue weighted by Crippen LogP contribution is -2.01. The zero-order valence-corrected chi connectivity index (χ0v) is 11.6. The Balaban J connectivity index is 2.16. The molecule has 2 nitrogen and oxygen atoms in total. The molecule has 17 heavy (non-hydrogen) atoms. The van der Waals surface area contributed by atoms with Crippen molar-refractivity contribution in [3.8, 4) is 0 Å². The van der Waals surface area contributed by atoms with Gasteiger partial charge in [-0.2, -0.15) is 0 Å².